The molecule has 0 fully saturated rings. The van der Waals surface area contributed by atoms with Crippen molar-refractivity contribution in [1.29, 1.82) is 0 Å². The van der Waals surface area contributed by atoms with Gasteiger partial charge in [-0.2, -0.15) is 0 Å². The van der Waals surface area contributed by atoms with Crippen molar-refractivity contribution < 1.29 is 14.7 Å². The highest BCUT2D eigenvalue weighted by Crippen LogP contribution is 2.05. The van der Waals surface area contributed by atoms with Gasteiger partial charge in [0.15, 0.2) is 0 Å². The number of nitrogens with zero attached hydrogens (tertiary/aromatic N) is 2. The second-order valence-corrected chi connectivity index (χ2v) is 4.66. The lowest BCUT2D eigenvalue weighted by atomic mass is 10.1. The molecule has 0 spiro atoms. The number of urea groups is 1. The maximum absolute atomic E-state index is 12.1. The van der Waals surface area contributed by atoms with E-state index in [9.17, 15) is 14.7 Å². The third-order valence-electron chi connectivity index (χ3n) is 3.30. The Morgan fingerprint density at radius 3 is 2.65 bits per heavy atom. The normalized spacial score (nSPS) is 13.6. The molecule has 7 nitrogen and oxygen atoms in total. The Bertz CT molecular complexity index is 433. The summed E-state index contributed by atoms with van der Waals surface area (Å²) >= 11 is 0. The number of amides is 2. The Hall–Kier alpha value is -2.05. The van der Waals surface area contributed by atoms with Gasteiger partial charge in [-0.05, 0) is 20.3 Å². The lowest BCUT2D eigenvalue weighted by molar-refractivity contribution is -0.139. The number of aromatic amines is 1. The van der Waals surface area contributed by atoms with E-state index in [-0.39, 0.29) is 18.5 Å². The molecule has 1 unspecified atom stereocenters. The summed E-state index contributed by atoms with van der Waals surface area (Å²) in [4.78, 5) is 31.7. The Balaban J connectivity index is 2.69. The monoisotopic (exact) mass is 282 g/mol. The number of carboxylic acids is 1. The van der Waals surface area contributed by atoms with Crippen molar-refractivity contribution in [3.8, 4) is 0 Å². The predicted molar refractivity (Wildman–Crippen MR) is 74.4 cm³/mol. The minimum absolute atomic E-state index is 0.0709. The first-order valence-corrected chi connectivity index (χ1v) is 6.76. The molecule has 0 aliphatic carbocycles. The number of carbonyl (C=O) groups excluding carboxylic acids is 1. The fourth-order valence-electron chi connectivity index (χ4n) is 1.92. The Morgan fingerprint density at radius 1 is 1.50 bits per heavy atom. The van der Waals surface area contributed by atoms with Gasteiger partial charge in [-0.15, -0.1) is 0 Å². The number of imidazole rings is 1. The van der Waals surface area contributed by atoms with Gasteiger partial charge in [-0.3, -0.25) is 0 Å². The summed E-state index contributed by atoms with van der Waals surface area (Å²) in [5.74, 6) is -1.06. The number of carbonyl (C=O) groups is 2. The van der Waals surface area contributed by atoms with Crippen LogP contribution < -0.4 is 5.32 Å². The van der Waals surface area contributed by atoms with E-state index in [0.717, 1.165) is 6.42 Å². The largest absolute Gasteiger partial charge is 0.480 e. The molecular weight excluding hydrogens is 260 g/mol. The Kier molecular flexibility index (Phi) is 6.02. The van der Waals surface area contributed by atoms with Crippen LogP contribution >= 0.6 is 0 Å². The van der Waals surface area contributed by atoms with E-state index in [2.05, 4.69) is 15.3 Å². The molecule has 1 aromatic rings. The topological polar surface area (TPSA) is 98.3 Å². The molecule has 3 N–H and O–H groups in total. The van der Waals surface area contributed by atoms with Crippen LogP contribution in [0.25, 0.3) is 0 Å². The number of aliphatic carboxylic acids is 1. The van der Waals surface area contributed by atoms with E-state index in [4.69, 9.17) is 0 Å². The van der Waals surface area contributed by atoms with Gasteiger partial charge in [-0.25, -0.2) is 14.6 Å². The maximum atomic E-state index is 12.1. The summed E-state index contributed by atoms with van der Waals surface area (Å²) in [6.07, 6.45) is 4.03. The smallest absolute Gasteiger partial charge is 0.326 e. The number of hydrogen-bond acceptors (Lipinski definition) is 3. The molecule has 1 aromatic heterocycles. The van der Waals surface area contributed by atoms with Gasteiger partial charge < -0.3 is 20.3 Å². The molecule has 1 heterocycles. The predicted octanol–water partition coefficient (Wildman–Crippen LogP) is 1.24. The molecule has 0 aliphatic rings. The number of rotatable bonds is 7. The molecule has 0 aromatic carbocycles. The number of carboxylic acid groups (broad SMARTS) is 1. The van der Waals surface area contributed by atoms with Crippen LogP contribution in [0, 0.1) is 0 Å². The lowest BCUT2D eigenvalue weighted by Gasteiger charge is -2.28. The summed E-state index contributed by atoms with van der Waals surface area (Å²) in [7, 11) is 0. The molecule has 112 valence electrons. The standard InChI is InChI=1S/C13H22N4O3/c1-4-9(3)17(5-2)13(20)16-11(12(18)19)6-10-7-14-8-15-10/h7-9,11H,4-6H2,1-3H3,(H,14,15)(H,16,20)(H,18,19)/t9?,11-/m1/s1. The average Bonchev–Trinajstić information content (AvgIpc) is 2.91. The van der Waals surface area contributed by atoms with Gasteiger partial charge in [0.1, 0.15) is 6.04 Å². The van der Waals surface area contributed by atoms with Crippen molar-refractivity contribution in [2.24, 2.45) is 0 Å². The fraction of sp³-hybridized carbons (Fsp3) is 0.615. The molecule has 7 heteroatoms. The van der Waals surface area contributed by atoms with E-state index in [1.807, 2.05) is 20.8 Å². The van der Waals surface area contributed by atoms with E-state index in [0.29, 0.717) is 12.2 Å². The number of H-pyrrole nitrogens is 1. The van der Waals surface area contributed by atoms with E-state index in [1.54, 1.807) is 11.1 Å². The average molecular weight is 282 g/mol. The third kappa shape index (κ3) is 4.25. The Labute approximate surface area is 118 Å². The van der Waals surface area contributed by atoms with Crippen molar-refractivity contribution in [2.75, 3.05) is 6.54 Å². The molecule has 0 saturated heterocycles. The van der Waals surface area contributed by atoms with Gasteiger partial charge >= 0.3 is 12.0 Å². The molecule has 1 rings (SSSR count). The van der Waals surface area contributed by atoms with Gasteiger partial charge in [0.05, 0.1) is 6.33 Å². The van der Waals surface area contributed by atoms with Crippen LogP contribution in [-0.2, 0) is 11.2 Å². The first-order valence-electron chi connectivity index (χ1n) is 6.76. The SMILES string of the molecule is CCC(C)N(CC)C(=O)N[C@H](Cc1cnc[nH]1)C(=O)O. The van der Waals surface area contributed by atoms with Crippen molar-refractivity contribution in [1.82, 2.24) is 20.2 Å². The molecule has 0 bridgehead atoms. The second kappa shape index (κ2) is 7.52. The minimum atomic E-state index is -1.06. The molecule has 2 atom stereocenters. The minimum Gasteiger partial charge on any atom is -0.480 e. The number of hydrogen-bond donors (Lipinski definition) is 3. The molecule has 0 aliphatic heterocycles. The van der Waals surface area contributed by atoms with Crippen molar-refractivity contribution in [3.05, 3.63) is 18.2 Å². The molecule has 0 radical (unpaired) electrons. The zero-order valence-electron chi connectivity index (χ0n) is 12.1. The van der Waals surface area contributed by atoms with Crippen LogP contribution in [-0.4, -0.2) is 50.6 Å². The third-order valence-corrected chi connectivity index (χ3v) is 3.30. The van der Waals surface area contributed by atoms with Crippen LogP contribution in [0.1, 0.15) is 32.9 Å². The van der Waals surface area contributed by atoms with Crippen LogP contribution in [0.3, 0.4) is 0 Å². The number of nitrogens with one attached hydrogen (secondary N) is 2. The van der Waals surface area contributed by atoms with Crippen molar-refractivity contribution >= 4 is 12.0 Å². The van der Waals surface area contributed by atoms with Crippen LogP contribution in [0.15, 0.2) is 12.5 Å². The lowest BCUT2D eigenvalue weighted by Crippen LogP contribution is -2.51. The zero-order chi connectivity index (χ0) is 15.1. The van der Waals surface area contributed by atoms with Gasteiger partial charge in [0, 0.05) is 30.9 Å². The first-order chi connectivity index (χ1) is 9.49. The quantitative estimate of drug-likeness (QED) is 0.700. The highest BCUT2D eigenvalue weighted by atomic mass is 16.4. The molecular formula is C13H22N4O3. The van der Waals surface area contributed by atoms with Gasteiger partial charge in [0.2, 0.25) is 0 Å². The van der Waals surface area contributed by atoms with E-state index < -0.39 is 12.0 Å². The summed E-state index contributed by atoms with van der Waals surface area (Å²) in [6.45, 7) is 6.33. The molecule has 20 heavy (non-hydrogen) atoms. The first kappa shape index (κ1) is 16.0. The van der Waals surface area contributed by atoms with Crippen LogP contribution in [0.4, 0.5) is 4.79 Å². The molecule has 2 amide bonds. The summed E-state index contributed by atoms with van der Waals surface area (Å²) < 4.78 is 0. The molecule has 0 saturated carbocycles. The summed E-state index contributed by atoms with van der Waals surface area (Å²) in [5, 5.41) is 11.8. The second-order valence-electron chi connectivity index (χ2n) is 4.66. The zero-order valence-corrected chi connectivity index (χ0v) is 12.1. The van der Waals surface area contributed by atoms with Gasteiger partial charge in [-0.1, -0.05) is 6.92 Å². The highest BCUT2D eigenvalue weighted by molar-refractivity contribution is 5.82. The van der Waals surface area contributed by atoms with E-state index in [1.165, 1.54) is 6.33 Å². The Morgan fingerprint density at radius 2 is 2.20 bits per heavy atom. The summed E-state index contributed by atoms with van der Waals surface area (Å²) in [6, 6.07) is -1.25. The highest BCUT2D eigenvalue weighted by Gasteiger charge is 2.25. The number of aromatic nitrogens is 2. The van der Waals surface area contributed by atoms with Crippen molar-refractivity contribution in [2.45, 2.75) is 45.7 Å². The van der Waals surface area contributed by atoms with Crippen LogP contribution in [0.5, 0.6) is 0 Å². The summed E-state index contributed by atoms with van der Waals surface area (Å²) in [5.41, 5.74) is 0.671. The van der Waals surface area contributed by atoms with Gasteiger partial charge in [0.25, 0.3) is 0 Å². The van der Waals surface area contributed by atoms with E-state index >= 15 is 0 Å². The maximum Gasteiger partial charge on any atom is 0.326 e. The van der Waals surface area contributed by atoms with Crippen LogP contribution in [0.2, 0.25) is 0 Å². The van der Waals surface area contributed by atoms with Crippen molar-refractivity contribution in [3.63, 3.8) is 0 Å². The fourth-order valence-corrected chi connectivity index (χ4v) is 1.92.